The SMILES string of the molecule is Nc1ccccc1C(=O)Nc1ncccn1. The first-order chi connectivity index (χ1) is 7.77. The number of amides is 1. The van der Waals surface area contributed by atoms with Crippen molar-refractivity contribution in [3.05, 3.63) is 48.3 Å². The first-order valence-corrected chi connectivity index (χ1v) is 4.70. The largest absolute Gasteiger partial charge is 0.398 e. The highest BCUT2D eigenvalue weighted by Crippen LogP contribution is 2.11. The Morgan fingerprint density at radius 2 is 1.81 bits per heavy atom. The zero-order chi connectivity index (χ0) is 11.4. The minimum absolute atomic E-state index is 0.260. The summed E-state index contributed by atoms with van der Waals surface area (Å²) in [6.45, 7) is 0. The lowest BCUT2D eigenvalue weighted by atomic mass is 10.2. The van der Waals surface area contributed by atoms with Gasteiger partial charge in [0.15, 0.2) is 0 Å². The number of nitrogen functional groups attached to an aromatic ring is 1. The van der Waals surface area contributed by atoms with E-state index in [1.54, 1.807) is 42.7 Å². The molecule has 0 aliphatic rings. The molecule has 1 aromatic heterocycles. The van der Waals surface area contributed by atoms with E-state index in [-0.39, 0.29) is 11.9 Å². The van der Waals surface area contributed by atoms with Gasteiger partial charge in [0.05, 0.1) is 5.56 Å². The van der Waals surface area contributed by atoms with E-state index in [0.29, 0.717) is 11.3 Å². The summed E-state index contributed by atoms with van der Waals surface area (Å²) < 4.78 is 0. The van der Waals surface area contributed by atoms with Gasteiger partial charge in [-0.3, -0.25) is 10.1 Å². The fourth-order valence-electron chi connectivity index (χ4n) is 1.24. The van der Waals surface area contributed by atoms with E-state index in [4.69, 9.17) is 5.73 Å². The van der Waals surface area contributed by atoms with Crippen LogP contribution in [0.5, 0.6) is 0 Å². The van der Waals surface area contributed by atoms with Crippen molar-refractivity contribution in [1.82, 2.24) is 9.97 Å². The lowest BCUT2D eigenvalue weighted by Gasteiger charge is -2.05. The number of rotatable bonds is 2. The Hall–Kier alpha value is -2.43. The van der Waals surface area contributed by atoms with Crippen molar-refractivity contribution in [3.63, 3.8) is 0 Å². The zero-order valence-electron chi connectivity index (χ0n) is 8.42. The maximum Gasteiger partial charge on any atom is 0.260 e. The standard InChI is InChI=1S/C11H10N4O/c12-9-5-2-1-4-8(9)10(16)15-11-13-6-3-7-14-11/h1-7H,12H2,(H,13,14,15,16). The van der Waals surface area contributed by atoms with E-state index in [0.717, 1.165) is 0 Å². The molecule has 1 aromatic carbocycles. The highest BCUT2D eigenvalue weighted by atomic mass is 16.1. The molecule has 2 aromatic rings. The van der Waals surface area contributed by atoms with E-state index in [1.807, 2.05) is 0 Å². The molecule has 0 aliphatic carbocycles. The molecular weight excluding hydrogens is 204 g/mol. The third kappa shape index (κ3) is 2.14. The average Bonchev–Trinajstić information content (AvgIpc) is 2.31. The normalized spacial score (nSPS) is 9.75. The number of anilines is 2. The molecule has 0 radical (unpaired) electrons. The maximum absolute atomic E-state index is 11.8. The summed E-state index contributed by atoms with van der Waals surface area (Å²) in [6.07, 6.45) is 3.11. The molecule has 0 fully saturated rings. The monoisotopic (exact) mass is 214 g/mol. The number of benzene rings is 1. The van der Waals surface area contributed by atoms with Gasteiger partial charge in [-0.15, -0.1) is 0 Å². The van der Waals surface area contributed by atoms with E-state index in [9.17, 15) is 4.79 Å². The minimum atomic E-state index is -0.315. The Labute approximate surface area is 92.3 Å². The summed E-state index contributed by atoms with van der Waals surface area (Å²) in [5.41, 5.74) is 6.51. The predicted octanol–water partition coefficient (Wildman–Crippen LogP) is 1.31. The van der Waals surface area contributed by atoms with Crippen molar-refractivity contribution in [1.29, 1.82) is 0 Å². The first-order valence-electron chi connectivity index (χ1n) is 4.70. The molecule has 0 saturated carbocycles. The van der Waals surface area contributed by atoms with Crippen LogP contribution in [0.15, 0.2) is 42.7 Å². The zero-order valence-corrected chi connectivity index (χ0v) is 8.42. The van der Waals surface area contributed by atoms with Crippen LogP contribution in [0.4, 0.5) is 11.6 Å². The highest BCUT2D eigenvalue weighted by Gasteiger charge is 2.09. The molecule has 2 rings (SSSR count). The van der Waals surface area contributed by atoms with Crippen LogP contribution in [0.2, 0.25) is 0 Å². The van der Waals surface area contributed by atoms with E-state index >= 15 is 0 Å². The van der Waals surface area contributed by atoms with Gasteiger partial charge in [-0.1, -0.05) is 12.1 Å². The van der Waals surface area contributed by atoms with Crippen LogP contribution < -0.4 is 11.1 Å². The second-order valence-electron chi connectivity index (χ2n) is 3.11. The molecular formula is C11H10N4O. The molecule has 5 heteroatoms. The molecule has 0 aliphatic heterocycles. The third-order valence-electron chi connectivity index (χ3n) is 2.00. The van der Waals surface area contributed by atoms with Crippen LogP contribution in [0.3, 0.4) is 0 Å². The van der Waals surface area contributed by atoms with Gasteiger partial charge < -0.3 is 5.73 Å². The van der Waals surface area contributed by atoms with Crippen molar-refractivity contribution in [2.75, 3.05) is 11.1 Å². The molecule has 3 N–H and O–H groups in total. The number of nitrogens with one attached hydrogen (secondary N) is 1. The lowest BCUT2D eigenvalue weighted by molar-refractivity contribution is 0.102. The fraction of sp³-hybridized carbons (Fsp3) is 0. The lowest BCUT2D eigenvalue weighted by Crippen LogP contribution is -2.15. The van der Waals surface area contributed by atoms with Gasteiger partial charge in [-0.2, -0.15) is 0 Å². The summed E-state index contributed by atoms with van der Waals surface area (Å²) >= 11 is 0. The molecule has 16 heavy (non-hydrogen) atoms. The van der Waals surface area contributed by atoms with E-state index in [2.05, 4.69) is 15.3 Å². The van der Waals surface area contributed by atoms with E-state index < -0.39 is 0 Å². The summed E-state index contributed by atoms with van der Waals surface area (Å²) in [5, 5.41) is 2.56. The Balaban J connectivity index is 2.19. The molecule has 80 valence electrons. The van der Waals surface area contributed by atoms with Crippen molar-refractivity contribution in [3.8, 4) is 0 Å². The number of hydrogen-bond acceptors (Lipinski definition) is 4. The molecule has 1 heterocycles. The van der Waals surface area contributed by atoms with Gasteiger partial charge in [-0.05, 0) is 18.2 Å². The number of hydrogen-bond donors (Lipinski definition) is 2. The number of nitrogens with zero attached hydrogens (tertiary/aromatic N) is 2. The Morgan fingerprint density at radius 3 is 2.50 bits per heavy atom. The summed E-state index contributed by atoms with van der Waals surface area (Å²) in [5.74, 6) is -0.0555. The van der Waals surface area contributed by atoms with Gasteiger partial charge in [0, 0.05) is 18.1 Å². The van der Waals surface area contributed by atoms with Crippen molar-refractivity contribution in [2.24, 2.45) is 0 Å². The number of aromatic nitrogens is 2. The first kappa shape index (κ1) is 10.1. The maximum atomic E-state index is 11.8. The van der Waals surface area contributed by atoms with E-state index in [1.165, 1.54) is 0 Å². The van der Waals surface area contributed by atoms with Gasteiger partial charge in [0.25, 0.3) is 5.91 Å². The van der Waals surface area contributed by atoms with Crippen molar-refractivity contribution < 1.29 is 4.79 Å². The average molecular weight is 214 g/mol. The molecule has 1 amide bonds. The number of carbonyl (C=O) groups is 1. The van der Waals surface area contributed by atoms with Gasteiger partial charge in [0.2, 0.25) is 5.95 Å². The molecule has 5 nitrogen and oxygen atoms in total. The predicted molar refractivity (Wildman–Crippen MR) is 60.8 cm³/mol. The quantitative estimate of drug-likeness (QED) is 0.738. The van der Waals surface area contributed by atoms with Crippen LogP contribution in [-0.4, -0.2) is 15.9 Å². The molecule has 0 bridgehead atoms. The van der Waals surface area contributed by atoms with Gasteiger partial charge in [-0.25, -0.2) is 9.97 Å². The molecule has 0 saturated heterocycles. The number of para-hydroxylation sites is 1. The highest BCUT2D eigenvalue weighted by molar-refractivity contribution is 6.06. The summed E-state index contributed by atoms with van der Waals surface area (Å²) in [4.78, 5) is 19.5. The van der Waals surface area contributed by atoms with Gasteiger partial charge >= 0.3 is 0 Å². The molecule has 0 spiro atoms. The van der Waals surface area contributed by atoms with Crippen LogP contribution in [-0.2, 0) is 0 Å². The number of carbonyl (C=O) groups excluding carboxylic acids is 1. The van der Waals surface area contributed by atoms with Crippen LogP contribution in [0.25, 0.3) is 0 Å². The van der Waals surface area contributed by atoms with Crippen molar-refractivity contribution in [2.45, 2.75) is 0 Å². The minimum Gasteiger partial charge on any atom is -0.398 e. The molecule has 0 unspecified atom stereocenters. The Morgan fingerprint density at radius 1 is 1.12 bits per heavy atom. The Kier molecular flexibility index (Phi) is 2.77. The third-order valence-corrected chi connectivity index (χ3v) is 2.00. The van der Waals surface area contributed by atoms with Gasteiger partial charge in [0.1, 0.15) is 0 Å². The van der Waals surface area contributed by atoms with Crippen LogP contribution >= 0.6 is 0 Å². The fourth-order valence-corrected chi connectivity index (χ4v) is 1.24. The number of nitrogens with two attached hydrogens (primary N) is 1. The van der Waals surface area contributed by atoms with Crippen LogP contribution in [0, 0.1) is 0 Å². The smallest absolute Gasteiger partial charge is 0.260 e. The topological polar surface area (TPSA) is 80.9 Å². The summed E-state index contributed by atoms with van der Waals surface area (Å²) in [7, 11) is 0. The van der Waals surface area contributed by atoms with Crippen LogP contribution in [0.1, 0.15) is 10.4 Å². The Bertz CT molecular complexity index is 498. The second-order valence-corrected chi connectivity index (χ2v) is 3.11. The summed E-state index contributed by atoms with van der Waals surface area (Å²) in [6, 6.07) is 8.50. The second kappa shape index (κ2) is 4.39. The molecule has 0 atom stereocenters. The van der Waals surface area contributed by atoms with Crippen molar-refractivity contribution >= 4 is 17.5 Å².